The number of anilines is 1. The first-order valence-electron chi connectivity index (χ1n) is 11.1. The molecule has 0 aromatic heterocycles. The maximum atomic E-state index is 9.49. The minimum Gasteiger partial charge on any atom is -0.328 e. The second kappa shape index (κ2) is 6.48. The number of fused-ring (bicyclic) bond motifs is 1. The van der Waals surface area contributed by atoms with Gasteiger partial charge in [0.25, 0.3) is 0 Å². The minimum absolute atomic E-state index is 0.355. The van der Waals surface area contributed by atoms with Gasteiger partial charge in [0.2, 0.25) is 0 Å². The lowest BCUT2D eigenvalue weighted by molar-refractivity contribution is 0.258. The van der Waals surface area contributed by atoms with E-state index in [1.165, 1.54) is 74.0 Å². The first-order chi connectivity index (χ1) is 13.1. The predicted octanol–water partition coefficient (Wildman–Crippen LogP) is 6.20. The zero-order valence-corrected chi connectivity index (χ0v) is 16.2. The van der Waals surface area contributed by atoms with Crippen LogP contribution in [0.5, 0.6) is 0 Å². The summed E-state index contributed by atoms with van der Waals surface area (Å²) in [6.07, 6.45) is 15.2. The molecule has 0 spiro atoms. The molecule has 5 rings (SSSR count). The normalized spacial score (nSPS) is 32.8. The molecule has 2 fully saturated rings. The molecule has 2 saturated carbocycles. The summed E-state index contributed by atoms with van der Waals surface area (Å²) < 4.78 is 9.49. The Morgan fingerprint density at radius 2 is 1.58 bits per heavy atom. The molecule has 2 unspecified atom stereocenters. The van der Waals surface area contributed by atoms with Crippen LogP contribution in [0.15, 0.2) is 47.9 Å². The van der Waals surface area contributed by atoms with Gasteiger partial charge in [0, 0.05) is 30.5 Å². The average molecular weight is 350 g/mol. The topological polar surface area (TPSA) is 6.48 Å². The van der Waals surface area contributed by atoms with Gasteiger partial charge in [0.05, 0.1) is 0 Å². The van der Waals surface area contributed by atoms with E-state index < -0.39 is 5.89 Å². The Labute approximate surface area is 160 Å². The molecule has 0 amide bonds. The van der Waals surface area contributed by atoms with Gasteiger partial charge >= 0.3 is 0 Å². The van der Waals surface area contributed by atoms with Crippen LogP contribution in [0, 0.1) is 24.7 Å². The summed E-state index contributed by atoms with van der Waals surface area (Å²) >= 11 is 0. The fourth-order valence-electron chi connectivity index (χ4n) is 5.93. The van der Waals surface area contributed by atoms with Crippen molar-refractivity contribution in [3.8, 4) is 0 Å². The quantitative estimate of drug-likeness (QED) is 0.641. The second-order valence-electron chi connectivity index (χ2n) is 8.71. The van der Waals surface area contributed by atoms with Gasteiger partial charge in [-0.3, -0.25) is 0 Å². The van der Waals surface area contributed by atoms with Crippen LogP contribution in [0.2, 0.25) is 0 Å². The van der Waals surface area contributed by atoms with Gasteiger partial charge < -0.3 is 9.80 Å². The summed E-state index contributed by atoms with van der Waals surface area (Å²) in [5.41, 5.74) is 5.25. The molecule has 0 radical (unpaired) electrons. The van der Waals surface area contributed by atoms with E-state index in [4.69, 9.17) is 0 Å². The Morgan fingerprint density at radius 1 is 0.923 bits per heavy atom. The molecule has 0 N–H and O–H groups in total. The van der Waals surface area contributed by atoms with Crippen molar-refractivity contribution in [1.82, 2.24) is 4.90 Å². The van der Waals surface area contributed by atoms with Crippen molar-refractivity contribution in [3.05, 3.63) is 53.5 Å². The third-order valence-electron chi connectivity index (χ3n) is 7.19. The number of rotatable bonds is 3. The van der Waals surface area contributed by atoms with Crippen molar-refractivity contribution in [3.63, 3.8) is 0 Å². The predicted molar refractivity (Wildman–Crippen MR) is 109 cm³/mol. The monoisotopic (exact) mass is 349 g/mol. The number of benzene rings is 1. The van der Waals surface area contributed by atoms with E-state index in [1.54, 1.807) is 0 Å². The van der Waals surface area contributed by atoms with E-state index in [9.17, 15) is 1.37 Å². The largest absolute Gasteiger partial charge is 0.328 e. The van der Waals surface area contributed by atoms with Gasteiger partial charge in [-0.05, 0) is 63.0 Å². The number of allylic oxidation sites excluding steroid dienone is 2. The lowest BCUT2D eigenvalue weighted by Gasteiger charge is -2.37. The Kier molecular flexibility index (Phi) is 3.83. The summed E-state index contributed by atoms with van der Waals surface area (Å²) in [7, 11) is 0. The van der Waals surface area contributed by atoms with Crippen LogP contribution in [0.25, 0.3) is 0 Å². The van der Waals surface area contributed by atoms with Crippen molar-refractivity contribution in [1.29, 1.82) is 0 Å². The van der Waals surface area contributed by atoms with Gasteiger partial charge in [-0.25, -0.2) is 0 Å². The molecule has 1 aromatic rings. The first kappa shape index (κ1) is 15.4. The number of nitrogens with zero attached hydrogens (tertiary/aromatic N) is 2. The SMILES string of the molecule is [2H]C1(C2CCCC2)C=CN2C1=C(C)N(c1ccccc1C)C2C1CCCC1. The number of para-hydroxylation sites is 1. The molecule has 2 atom stereocenters. The van der Waals surface area contributed by atoms with E-state index >= 15 is 0 Å². The highest BCUT2D eigenvalue weighted by atomic mass is 15.4. The summed E-state index contributed by atoms with van der Waals surface area (Å²) in [5.74, 6) is 0.631. The van der Waals surface area contributed by atoms with Gasteiger partial charge in [-0.1, -0.05) is 50.0 Å². The molecule has 2 aliphatic carbocycles. The molecule has 26 heavy (non-hydrogen) atoms. The smallest absolute Gasteiger partial charge is 0.113 e. The minimum atomic E-state index is -0.533. The molecule has 4 aliphatic rings. The maximum Gasteiger partial charge on any atom is 0.113 e. The summed E-state index contributed by atoms with van der Waals surface area (Å²) in [6, 6.07) is 8.80. The molecule has 2 nitrogen and oxygen atoms in total. The highest BCUT2D eigenvalue weighted by Gasteiger charge is 2.47. The molecule has 1 aromatic carbocycles. The van der Waals surface area contributed by atoms with E-state index in [1.807, 2.05) is 0 Å². The summed E-state index contributed by atoms with van der Waals surface area (Å²) in [6.45, 7) is 4.50. The van der Waals surface area contributed by atoms with Crippen LogP contribution in [0.4, 0.5) is 5.69 Å². The fraction of sp³-hybridized carbons (Fsp3) is 0.583. The van der Waals surface area contributed by atoms with Crippen molar-refractivity contribution in [2.45, 2.75) is 71.4 Å². The van der Waals surface area contributed by atoms with Crippen molar-refractivity contribution < 1.29 is 1.37 Å². The standard InChI is InChI=1S/C24H32N2/c1-17-9-3-8-14-22(17)26-18(2)23-21(19-10-4-5-11-19)15-16-25(23)24(26)20-12-6-7-13-20/h3,8-9,14-16,19-21,24H,4-7,10-13H2,1-2H3/i21D. The van der Waals surface area contributed by atoms with Crippen molar-refractivity contribution in [2.24, 2.45) is 17.7 Å². The van der Waals surface area contributed by atoms with E-state index in [0.29, 0.717) is 18.0 Å². The lowest BCUT2D eigenvalue weighted by atomic mass is 9.88. The Hall–Kier alpha value is -1.70. The lowest BCUT2D eigenvalue weighted by Crippen LogP contribution is -2.43. The molecule has 2 heterocycles. The Morgan fingerprint density at radius 3 is 2.27 bits per heavy atom. The summed E-state index contributed by atoms with van der Waals surface area (Å²) in [4.78, 5) is 5.09. The average Bonchev–Trinajstić information content (AvgIpc) is 3.43. The molecular weight excluding hydrogens is 316 g/mol. The Bertz CT molecular complexity index is 785. The third kappa shape index (κ3) is 2.45. The van der Waals surface area contributed by atoms with Crippen molar-refractivity contribution in [2.75, 3.05) is 4.90 Å². The van der Waals surface area contributed by atoms with Crippen LogP contribution < -0.4 is 4.90 Å². The zero-order chi connectivity index (χ0) is 18.6. The summed E-state index contributed by atoms with van der Waals surface area (Å²) in [5, 5.41) is 0. The van der Waals surface area contributed by atoms with Gasteiger partial charge in [-0.15, -0.1) is 0 Å². The molecule has 138 valence electrons. The van der Waals surface area contributed by atoms with E-state index in [-0.39, 0.29) is 0 Å². The van der Waals surface area contributed by atoms with E-state index in [2.05, 4.69) is 60.2 Å². The number of aryl methyl sites for hydroxylation is 1. The first-order valence-corrected chi connectivity index (χ1v) is 10.6. The van der Waals surface area contributed by atoms with Crippen LogP contribution in [-0.4, -0.2) is 11.1 Å². The van der Waals surface area contributed by atoms with Gasteiger partial charge in [0.15, 0.2) is 0 Å². The zero-order valence-electron chi connectivity index (χ0n) is 17.2. The third-order valence-corrected chi connectivity index (χ3v) is 7.19. The van der Waals surface area contributed by atoms with E-state index in [0.717, 1.165) is 0 Å². The van der Waals surface area contributed by atoms with Gasteiger partial charge in [-0.2, -0.15) is 0 Å². The Balaban J connectivity index is 1.62. The molecular formula is C24H32N2. The van der Waals surface area contributed by atoms with Crippen LogP contribution >= 0.6 is 0 Å². The molecule has 2 aliphatic heterocycles. The van der Waals surface area contributed by atoms with Crippen LogP contribution in [0.3, 0.4) is 0 Å². The molecule has 0 saturated heterocycles. The highest BCUT2D eigenvalue weighted by Crippen LogP contribution is 2.50. The van der Waals surface area contributed by atoms with Crippen LogP contribution in [-0.2, 0) is 0 Å². The van der Waals surface area contributed by atoms with Crippen LogP contribution in [0.1, 0.15) is 65.2 Å². The highest BCUT2D eigenvalue weighted by molar-refractivity contribution is 5.62. The second-order valence-corrected chi connectivity index (χ2v) is 8.71. The maximum absolute atomic E-state index is 9.49. The van der Waals surface area contributed by atoms with Gasteiger partial charge in [0.1, 0.15) is 6.17 Å². The molecule has 2 heteroatoms. The van der Waals surface area contributed by atoms with Crippen molar-refractivity contribution >= 4 is 5.69 Å². The molecule has 0 bridgehead atoms. The number of hydrogen-bond donors (Lipinski definition) is 0. The number of hydrogen-bond acceptors (Lipinski definition) is 2. The fourth-order valence-corrected chi connectivity index (χ4v) is 5.93.